The van der Waals surface area contributed by atoms with E-state index in [1.54, 1.807) is 0 Å². The Bertz CT molecular complexity index is 346. The number of nitrogens with one attached hydrogen (secondary N) is 1. The Hall–Kier alpha value is -1.23. The van der Waals surface area contributed by atoms with E-state index in [1.807, 2.05) is 0 Å². The van der Waals surface area contributed by atoms with Crippen molar-refractivity contribution in [2.75, 3.05) is 18.4 Å². The predicted octanol–water partition coefficient (Wildman–Crippen LogP) is 3.49. The van der Waals surface area contributed by atoms with Crippen molar-refractivity contribution in [3.8, 4) is 0 Å². The standard InChI is InChI=1S/C13H19F3N2/c1-10(9-17)3-2-8-18-12-6-4-11(5-7-12)13(14,15)16/h4-7,10,18H,2-3,8-9,17H2,1H3. The molecule has 0 aliphatic rings. The normalized spacial score (nSPS) is 13.4. The minimum absolute atomic E-state index is 0.486. The summed E-state index contributed by atoms with van der Waals surface area (Å²) in [4.78, 5) is 0. The van der Waals surface area contributed by atoms with Gasteiger partial charge in [-0.2, -0.15) is 13.2 Å². The largest absolute Gasteiger partial charge is 0.416 e. The summed E-state index contributed by atoms with van der Waals surface area (Å²) in [7, 11) is 0. The smallest absolute Gasteiger partial charge is 0.385 e. The molecule has 0 amide bonds. The second-order valence-corrected chi connectivity index (χ2v) is 4.48. The van der Waals surface area contributed by atoms with Crippen molar-refractivity contribution in [2.24, 2.45) is 11.7 Å². The van der Waals surface area contributed by atoms with Gasteiger partial charge >= 0.3 is 6.18 Å². The predicted molar refractivity (Wildman–Crippen MR) is 67.4 cm³/mol. The molecule has 1 aromatic carbocycles. The van der Waals surface area contributed by atoms with Crippen molar-refractivity contribution in [1.82, 2.24) is 0 Å². The maximum Gasteiger partial charge on any atom is 0.416 e. The molecule has 0 saturated carbocycles. The van der Waals surface area contributed by atoms with Crippen molar-refractivity contribution in [2.45, 2.75) is 25.9 Å². The van der Waals surface area contributed by atoms with Crippen LogP contribution in [0, 0.1) is 5.92 Å². The summed E-state index contributed by atoms with van der Waals surface area (Å²) >= 11 is 0. The fourth-order valence-corrected chi connectivity index (χ4v) is 1.58. The van der Waals surface area contributed by atoms with E-state index in [4.69, 9.17) is 5.73 Å². The molecule has 0 aliphatic heterocycles. The SMILES string of the molecule is CC(CN)CCCNc1ccc(C(F)(F)F)cc1. The number of nitrogens with two attached hydrogens (primary N) is 1. The maximum atomic E-state index is 12.3. The third kappa shape index (κ3) is 4.96. The van der Waals surface area contributed by atoms with E-state index in [-0.39, 0.29) is 0 Å². The summed E-state index contributed by atoms with van der Waals surface area (Å²) in [6.07, 6.45) is -2.29. The molecular weight excluding hydrogens is 241 g/mol. The number of benzene rings is 1. The minimum Gasteiger partial charge on any atom is -0.385 e. The lowest BCUT2D eigenvalue weighted by atomic mass is 10.1. The Kier molecular flexibility index (Phi) is 5.47. The monoisotopic (exact) mass is 260 g/mol. The number of anilines is 1. The molecule has 3 N–H and O–H groups in total. The van der Waals surface area contributed by atoms with Crippen LogP contribution in [0.2, 0.25) is 0 Å². The van der Waals surface area contributed by atoms with Crippen molar-refractivity contribution in [1.29, 1.82) is 0 Å². The van der Waals surface area contributed by atoms with Gasteiger partial charge < -0.3 is 11.1 Å². The summed E-state index contributed by atoms with van der Waals surface area (Å²) in [5.41, 5.74) is 5.59. The summed E-state index contributed by atoms with van der Waals surface area (Å²) in [5, 5.41) is 3.09. The van der Waals surface area contributed by atoms with E-state index < -0.39 is 11.7 Å². The van der Waals surface area contributed by atoms with Gasteiger partial charge in [-0.15, -0.1) is 0 Å². The third-order valence-electron chi connectivity index (χ3n) is 2.82. The van der Waals surface area contributed by atoms with Crippen LogP contribution in [0.1, 0.15) is 25.3 Å². The highest BCUT2D eigenvalue weighted by Gasteiger charge is 2.29. The summed E-state index contributed by atoms with van der Waals surface area (Å²) in [6, 6.07) is 5.08. The van der Waals surface area contributed by atoms with Gasteiger partial charge in [-0.1, -0.05) is 6.92 Å². The highest BCUT2D eigenvalue weighted by atomic mass is 19.4. The zero-order valence-electron chi connectivity index (χ0n) is 10.4. The topological polar surface area (TPSA) is 38.0 Å². The Morgan fingerprint density at radius 1 is 1.22 bits per heavy atom. The molecular formula is C13H19F3N2. The van der Waals surface area contributed by atoms with E-state index in [1.165, 1.54) is 12.1 Å². The van der Waals surface area contributed by atoms with Crippen LogP contribution in [0.3, 0.4) is 0 Å². The van der Waals surface area contributed by atoms with Gasteiger partial charge in [0.25, 0.3) is 0 Å². The zero-order valence-corrected chi connectivity index (χ0v) is 10.4. The van der Waals surface area contributed by atoms with Crippen LogP contribution >= 0.6 is 0 Å². The van der Waals surface area contributed by atoms with E-state index in [0.717, 1.165) is 31.5 Å². The molecule has 0 heterocycles. The van der Waals surface area contributed by atoms with Gasteiger partial charge in [0.2, 0.25) is 0 Å². The van der Waals surface area contributed by atoms with E-state index in [2.05, 4.69) is 12.2 Å². The molecule has 1 atom stereocenters. The van der Waals surface area contributed by atoms with Gasteiger partial charge in [-0.05, 0) is 49.6 Å². The number of alkyl halides is 3. The lowest BCUT2D eigenvalue weighted by molar-refractivity contribution is -0.137. The molecule has 0 aromatic heterocycles. The highest BCUT2D eigenvalue weighted by molar-refractivity contribution is 5.44. The van der Waals surface area contributed by atoms with Crippen LogP contribution in [0.25, 0.3) is 0 Å². The fraction of sp³-hybridized carbons (Fsp3) is 0.538. The molecule has 2 nitrogen and oxygen atoms in total. The Morgan fingerprint density at radius 2 is 1.83 bits per heavy atom. The third-order valence-corrected chi connectivity index (χ3v) is 2.82. The lowest BCUT2D eigenvalue weighted by Crippen LogP contribution is -2.12. The molecule has 0 radical (unpaired) electrons. The highest BCUT2D eigenvalue weighted by Crippen LogP contribution is 2.29. The van der Waals surface area contributed by atoms with Gasteiger partial charge in [0.05, 0.1) is 5.56 Å². The molecule has 0 aliphatic carbocycles. The molecule has 1 unspecified atom stereocenters. The van der Waals surface area contributed by atoms with Gasteiger partial charge in [0.15, 0.2) is 0 Å². The first-order valence-electron chi connectivity index (χ1n) is 6.04. The van der Waals surface area contributed by atoms with Crippen molar-refractivity contribution >= 4 is 5.69 Å². The molecule has 18 heavy (non-hydrogen) atoms. The number of halogens is 3. The average Bonchev–Trinajstić information content (AvgIpc) is 2.33. The molecule has 0 fully saturated rings. The Balaban J connectivity index is 2.36. The molecule has 0 spiro atoms. The summed E-state index contributed by atoms with van der Waals surface area (Å²) < 4.78 is 37.0. The van der Waals surface area contributed by atoms with Crippen LogP contribution < -0.4 is 11.1 Å². The van der Waals surface area contributed by atoms with Gasteiger partial charge in [-0.25, -0.2) is 0 Å². The average molecular weight is 260 g/mol. The first-order chi connectivity index (χ1) is 8.43. The Morgan fingerprint density at radius 3 is 2.33 bits per heavy atom. The number of hydrogen-bond donors (Lipinski definition) is 2. The van der Waals surface area contributed by atoms with Gasteiger partial charge in [0, 0.05) is 12.2 Å². The van der Waals surface area contributed by atoms with E-state index in [0.29, 0.717) is 18.2 Å². The first kappa shape index (κ1) is 14.8. The summed E-state index contributed by atoms with van der Waals surface area (Å²) in [6.45, 7) is 3.49. The number of hydrogen-bond acceptors (Lipinski definition) is 2. The molecule has 1 aromatic rings. The molecule has 5 heteroatoms. The molecule has 0 bridgehead atoms. The van der Waals surface area contributed by atoms with Gasteiger partial charge in [0.1, 0.15) is 0 Å². The molecule has 1 rings (SSSR count). The maximum absolute atomic E-state index is 12.3. The van der Waals surface area contributed by atoms with E-state index >= 15 is 0 Å². The van der Waals surface area contributed by atoms with Crippen LogP contribution in [-0.2, 0) is 6.18 Å². The second kappa shape index (κ2) is 6.64. The van der Waals surface area contributed by atoms with Crippen LogP contribution in [0.4, 0.5) is 18.9 Å². The van der Waals surface area contributed by atoms with Crippen molar-refractivity contribution in [3.63, 3.8) is 0 Å². The first-order valence-corrected chi connectivity index (χ1v) is 6.04. The summed E-state index contributed by atoms with van der Waals surface area (Å²) in [5.74, 6) is 0.486. The quantitative estimate of drug-likeness (QED) is 0.768. The molecule has 102 valence electrons. The second-order valence-electron chi connectivity index (χ2n) is 4.48. The Labute approximate surface area is 105 Å². The van der Waals surface area contributed by atoms with Crippen LogP contribution in [0.5, 0.6) is 0 Å². The number of rotatable bonds is 6. The minimum atomic E-state index is -4.27. The van der Waals surface area contributed by atoms with Crippen LogP contribution in [0.15, 0.2) is 24.3 Å². The van der Waals surface area contributed by atoms with E-state index in [9.17, 15) is 13.2 Å². The molecule has 0 saturated heterocycles. The zero-order chi connectivity index (χ0) is 13.6. The van der Waals surface area contributed by atoms with Crippen molar-refractivity contribution < 1.29 is 13.2 Å². The van der Waals surface area contributed by atoms with Gasteiger partial charge in [-0.3, -0.25) is 0 Å². The van der Waals surface area contributed by atoms with Crippen molar-refractivity contribution in [3.05, 3.63) is 29.8 Å². The van der Waals surface area contributed by atoms with Crippen LogP contribution in [-0.4, -0.2) is 13.1 Å². The lowest BCUT2D eigenvalue weighted by Gasteiger charge is -2.11. The fourth-order valence-electron chi connectivity index (χ4n) is 1.58.